The van der Waals surface area contributed by atoms with Crippen molar-refractivity contribution in [3.05, 3.63) is 82.4 Å². The normalized spacial score (nSPS) is 22.7. The molecule has 0 aromatic heterocycles. The van der Waals surface area contributed by atoms with Crippen molar-refractivity contribution < 1.29 is 65.3 Å². The molecule has 0 amide bonds. The van der Waals surface area contributed by atoms with Gasteiger partial charge in [0.05, 0.1) is 0 Å². The molecule has 2 heterocycles. The Labute approximate surface area is 241 Å². The number of aliphatic hydroxyl groups excluding tert-OH is 2. The number of fused-ring (bicyclic) bond motifs is 2. The zero-order valence-electron chi connectivity index (χ0n) is 21.8. The average Bonchev–Trinajstić information content (AvgIpc) is 2.95. The number of phenolic OH excluding ortho intramolecular Hbond substituents is 8. The van der Waals surface area contributed by atoms with Gasteiger partial charge in [-0.05, 0) is 35.9 Å². The van der Waals surface area contributed by atoms with Crippen LogP contribution in [0.5, 0.6) is 57.5 Å². The van der Waals surface area contributed by atoms with Crippen LogP contribution in [-0.4, -0.2) is 69.1 Å². The molecule has 2 aliphatic heterocycles. The number of carbonyl (C=O) groups is 1. The largest absolute Gasteiger partial charge is 0.508 e. The summed E-state index contributed by atoms with van der Waals surface area (Å²) >= 11 is 0. The SMILES string of the molecule is O=C1c2c(cc(O)c([C@@H]3c4ccc(O)cc4O[C@H](c4ccc(O)c(O)c4)[C@H]3O)c2O)O[C@@H](c2cc(O)c(O)c(O)c2)[C@H]1O. The second-order valence-electron chi connectivity index (χ2n) is 10.3. The number of ketones is 1. The summed E-state index contributed by atoms with van der Waals surface area (Å²) in [7, 11) is 0. The number of carbonyl (C=O) groups excluding carboxylic acids is 1. The minimum Gasteiger partial charge on any atom is -0.508 e. The van der Waals surface area contributed by atoms with Gasteiger partial charge in [-0.25, -0.2) is 0 Å². The number of ether oxygens (including phenoxy) is 2. The molecule has 2 aliphatic rings. The second kappa shape index (κ2) is 9.79. The lowest BCUT2D eigenvalue weighted by atomic mass is 9.78. The zero-order chi connectivity index (χ0) is 30.9. The molecule has 0 unspecified atom stereocenters. The van der Waals surface area contributed by atoms with Crippen molar-refractivity contribution in [2.45, 2.75) is 30.3 Å². The van der Waals surface area contributed by atoms with E-state index >= 15 is 0 Å². The average molecular weight is 593 g/mol. The van der Waals surface area contributed by atoms with E-state index in [1.54, 1.807) is 0 Å². The maximum atomic E-state index is 13.4. The van der Waals surface area contributed by atoms with E-state index in [-0.39, 0.29) is 39.5 Å². The quantitative estimate of drug-likeness (QED) is 0.154. The molecule has 0 saturated heterocycles. The van der Waals surface area contributed by atoms with Crippen LogP contribution in [0.3, 0.4) is 0 Å². The maximum absolute atomic E-state index is 13.4. The van der Waals surface area contributed by atoms with Gasteiger partial charge in [-0.2, -0.15) is 0 Å². The van der Waals surface area contributed by atoms with Gasteiger partial charge in [0, 0.05) is 34.7 Å². The van der Waals surface area contributed by atoms with Gasteiger partial charge >= 0.3 is 0 Å². The predicted molar refractivity (Wildman–Crippen MR) is 144 cm³/mol. The number of phenols is 8. The highest BCUT2D eigenvalue weighted by Gasteiger charge is 2.46. The summed E-state index contributed by atoms with van der Waals surface area (Å²) in [4.78, 5) is 13.4. The molecule has 6 rings (SSSR count). The summed E-state index contributed by atoms with van der Waals surface area (Å²) in [6.45, 7) is 0. The second-order valence-corrected chi connectivity index (χ2v) is 10.3. The van der Waals surface area contributed by atoms with Crippen LogP contribution >= 0.6 is 0 Å². The van der Waals surface area contributed by atoms with Crippen molar-refractivity contribution in [1.29, 1.82) is 0 Å². The van der Waals surface area contributed by atoms with E-state index in [0.29, 0.717) is 0 Å². The first kappa shape index (κ1) is 27.6. The molecule has 13 nitrogen and oxygen atoms in total. The molecule has 222 valence electrons. The van der Waals surface area contributed by atoms with Crippen LogP contribution < -0.4 is 9.47 Å². The lowest BCUT2D eigenvalue weighted by molar-refractivity contribution is 0.00688. The summed E-state index contributed by atoms with van der Waals surface area (Å²) in [6.07, 6.45) is -6.35. The maximum Gasteiger partial charge on any atom is 0.202 e. The molecular formula is C30H24O13. The van der Waals surface area contributed by atoms with Gasteiger partial charge in [-0.1, -0.05) is 12.1 Å². The molecule has 0 fully saturated rings. The Morgan fingerprint density at radius 2 is 1.23 bits per heavy atom. The first-order valence-electron chi connectivity index (χ1n) is 12.8. The molecule has 0 radical (unpaired) electrons. The van der Waals surface area contributed by atoms with Crippen molar-refractivity contribution in [3.8, 4) is 57.5 Å². The third-order valence-electron chi connectivity index (χ3n) is 7.64. The molecule has 4 aromatic carbocycles. The van der Waals surface area contributed by atoms with Gasteiger partial charge in [0.1, 0.15) is 40.4 Å². The number of benzene rings is 4. The smallest absolute Gasteiger partial charge is 0.202 e. The van der Waals surface area contributed by atoms with E-state index in [4.69, 9.17) is 9.47 Å². The Hall–Kier alpha value is -5.53. The van der Waals surface area contributed by atoms with Gasteiger partial charge in [0.2, 0.25) is 5.78 Å². The van der Waals surface area contributed by atoms with Gasteiger partial charge in [-0.3, -0.25) is 4.79 Å². The van der Waals surface area contributed by atoms with Crippen molar-refractivity contribution in [1.82, 2.24) is 0 Å². The van der Waals surface area contributed by atoms with Gasteiger partial charge in [0.25, 0.3) is 0 Å². The van der Waals surface area contributed by atoms with Crippen LogP contribution in [0, 0.1) is 0 Å². The van der Waals surface area contributed by atoms with Crippen LogP contribution in [0.2, 0.25) is 0 Å². The molecule has 43 heavy (non-hydrogen) atoms. The van der Waals surface area contributed by atoms with Crippen LogP contribution in [0.15, 0.2) is 54.6 Å². The van der Waals surface area contributed by atoms with E-state index < -0.39 is 81.9 Å². The van der Waals surface area contributed by atoms with Crippen LogP contribution in [0.4, 0.5) is 0 Å². The summed E-state index contributed by atoms with van der Waals surface area (Å²) in [5, 5.41) is 104. The molecule has 10 N–H and O–H groups in total. The first-order chi connectivity index (χ1) is 20.4. The number of aromatic hydroxyl groups is 8. The van der Waals surface area contributed by atoms with E-state index in [0.717, 1.165) is 24.3 Å². The Bertz CT molecular complexity index is 1780. The van der Waals surface area contributed by atoms with Crippen molar-refractivity contribution >= 4 is 5.78 Å². The fourth-order valence-corrected chi connectivity index (χ4v) is 5.57. The topological polar surface area (TPSA) is 238 Å². The standard InChI is InChI=1S/C30H24O13/c31-12-2-3-13-19(8-12)42-29(10-1-4-14(32)15(33)5-10)27(40)21(13)22-16(34)9-20-23(25(22)38)26(39)28(41)30(43-20)11-6-17(35)24(37)18(36)7-11/h1-9,21,27-38,40-41H/t21-,27-,28-,29+,30-/m0/s1. The molecule has 0 spiro atoms. The van der Waals surface area contributed by atoms with Crippen molar-refractivity contribution in [3.63, 3.8) is 0 Å². The highest BCUT2D eigenvalue weighted by molar-refractivity contribution is 6.06. The van der Waals surface area contributed by atoms with Gasteiger partial charge < -0.3 is 60.5 Å². The molecule has 0 saturated carbocycles. The monoisotopic (exact) mass is 592 g/mol. The summed E-state index contributed by atoms with van der Waals surface area (Å²) in [6, 6.07) is 10.5. The fourth-order valence-electron chi connectivity index (χ4n) is 5.57. The lowest BCUT2D eigenvalue weighted by Gasteiger charge is -2.38. The molecule has 0 aliphatic carbocycles. The number of Topliss-reactive ketones (excluding diaryl/α,β-unsaturated/α-hetero) is 1. The zero-order valence-corrected chi connectivity index (χ0v) is 21.8. The Balaban J connectivity index is 1.48. The number of aliphatic hydroxyl groups is 2. The molecule has 0 bridgehead atoms. The van der Waals surface area contributed by atoms with Crippen molar-refractivity contribution in [2.24, 2.45) is 0 Å². The minimum absolute atomic E-state index is 0.0407. The molecule has 13 heteroatoms. The molecule has 5 atom stereocenters. The minimum atomic E-state index is -1.98. The highest BCUT2D eigenvalue weighted by atomic mass is 16.5. The Morgan fingerprint density at radius 1 is 0.581 bits per heavy atom. The number of rotatable bonds is 3. The van der Waals surface area contributed by atoms with E-state index in [1.807, 2.05) is 0 Å². The third-order valence-corrected chi connectivity index (χ3v) is 7.64. The van der Waals surface area contributed by atoms with Gasteiger partial charge in [0.15, 0.2) is 47.1 Å². The fraction of sp³-hybridized carbons (Fsp3) is 0.167. The summed E-state index contributed by atoms with van der Waals surface area (Å²) in [5.41, 5.74) is -0.570. The summed E-state index contributed by atoms with van der Waals surface area (Å²) in [5.74, 6) is -7.60. The van der Waals surface area contributed by atoms with E-state index in [1.165, 1.54) is 30.3 Å². The number of hydrogen-bond acceptors (Lipinski definition) is 13. The molecule has 4 aromatic rings. The van der Waals surface area contributed by atoms with E-state index in [2.05, 4.69) is 0 Å². The lowest BCUT2D eigenvalue weighted by Crippen LogP contribution is -2.37. The number of hydrogen-bond donors (Lipinski definition) is 10. The molecular weight excluding hydrogens is 568 g/mol. The Kier molecular flexibility index (Phi) is 6.29. The van der Waals surface area contributed by atoms with E-state index in [9.17, 15) is 55.9 Å². The van der Waals surface area contributed by atoms with Crippen LogP contribution in [0.1, 0.15) is 50.7 Å². The predicted octanol–water partition coefficient (Wildman–Crippen LogP) is 2.64. The van der Waals surface area contributed by atoms with Crippen LogP contribution in [0.25, 0.3) is 0 Å². The third kappa shape index (κ3) is 4.29. The Morgan fingerprint density at radius 3 is 1.91 bits per heavy atom. The van der Waals surface area contributed by atoms with Gasteiger partial charge in [-0.15, -0.1) is 0 Å². The first-order valence-corrected chi connectivity index (χ1v) is 12.8. The highest BCUT2D eigenvalue weighted by Crippen LogP contribution is 2.54. The summed E-state index contributed by atoms with van der Waals surface area (Å²) < 4.78 is 11.6. The van der Waals surface area contributed by atoms with Crippen molar-refractivity contribution in [2.75, 3.05) is 0 Å². The van der Waals surface area contributed by atoms with Crippen LogP contribution in [-0.2, 0) is 0 Å².